The Kier molecular flexibility index (Phi) is 10.6. The molecule has 3 aromatic rings. The molecule has 0 aliphatic rings. The number of hydrogen-bond donors (Lipinski definition) is 3. The highest BCUT2D eigenvalue weighted by molar-refractivity contribution is 6.01. The van der Waals surface area contributed by atoms with Crippen LogP contribution in [0.4, 0.5) is 0 Å². The van der Waals surface area contributed by atoms with Gasteiger partial charge in [-0.05, 0) is 18.2 Å². The number of aldehydes is 3. The zero-order valence-corrected chi connectivity index (χ0v) is 17.0. The molecule has 0 bridgehead atoms. The summed E-state index contributed by atoms with van der Waals surface area (Å²) in [6.45, 7) is 0. The van der Waals surface area contributed by atoms with Crippen LogP contribution in [0.5, 0.6) is 0 Å². The summed E-state index contributed by atoms with van der Waals surface area (Å²) in [5, 5.41) is 25.6. The predicted octanol–water partition coefficient (Wildman–Crippen LogP) is 3.59. The third-order valence-electron chi connectivity index (χ3n) is 3.96. The van der Waals surface area contributed by atoms with Crippen LogP contribution in [-0.2, 0) is 0 Å². The van der Waals surface area contributed by atoms with E-state index in [1.54, 1.807) is 36.4 Å². The molecule has 0 aromatic heterocycles. The molecule has 3 aromatic carbocycles. The minimum Gasteiger partial charge on any atom is -0.478 e. The first kappa shape index (κ1) is 26.1. The van der Waals surface area contributed by atoms with Gasteiger partial charge in [-0.3, -0.25) is 14.4 Å². The maximum absolute atomic E-state index is 10.5. The Morgan fingerprint density at radius 3 is 1.00 bits per heavy atom. The summed E-state index contributed by atoms with van der Waals surface area (Å²) in [6, 6.07) is 18.2. The van der Waals surface area contributed by atoms with Gasteiger partial charge in [0.15, 0.2) is 18.9 Å². The Morgan fingerprint density at radius 2 is 0.727 bits per heavy atom. The molecule has 0 spiro atoms. The van der Waals surface area contributed by atoms with Crippen LogP contribution in [0, 0.1) is 0 Å². The molecule has 168 valence electrons. The number of hydrogen-bond acceptors (Lipinski definition) is 6. The van der Waals surface area contributed by atoms with Crippen LogP contribution in [0.25, 0.3) is 0 Å². The summed E-state index contributed by atoms with van der Waals surface area (Å²) in [5.74, 6) is -3.53. The fraction of sp³-hybridized carbons (Fsp3) is 0. The second-order valence-corrected chi connectivity index (χ2v) is 6.03. The number of aromatic carboxylic acids is 3. The minimum absolute atomic E-state index is 0.0440. The summed E-state index contributed by atoms with van der Waals surface area (Å²) >= 11 is 0. The van der Waals surface area contributed by atoms with Crippen molar-refractivity contribution in [2.75, 3.05) is 0 Å². The fourth-order valence-electron chi connectivity index (χ4n) is 2.38. The quantitative estimate of drug-likeness (QED) is 0.476. The SMILES string of the molecule is O=C(O)c1ccccc1C(=O)O.O=Cc1ccccc1C(=O)O.O=Cc1ccccc1C=O. The maximum Gasteiger partial charge on any atom is 0.336 e. The molecule has 0 radical (unpaired) electrons. The van der Waals surface area contributed by atoms with Gasteiger partial charge in [-0.2, -0.15) is 0 Å². The Bertz CT molecular complexity index is 1110. The van der Waals surface area contributed by atoms with Crippen molar-refractivity contribution < 1.29 is 44.1 Å². The molecular weight excluding hydrogens is 432 g/mol. The molecular formula is C24H18O9. The highest BCUT2D eigenvalue weighted by atomic mass is 16.4. The van der Waals surface area contributed by atoms with E-state index in [0.29, 0.717) is 30.0 Å². The first-order valence-electron chi connectivity index (χ1n) is 9.09. The second-order valence-electron chi connectivity index (χ2n) is 6.03. The van der Waals surface area contributed by atoms with Gasteiger partial charge in [0.25, 0.3) is 0 Å². The van der Waals surface area contributed by atoms with Crippen LogP contribution in [0.1, 0.15) is 62.1 Å². The van der Waals surface area contributed by atoms with Crippen molar-refractivity contribution in [2.45, 2.75) is 0 Å². The number of carboxylic acid groups (broad SMARTS) is 3. The van der Waals surface area contributed by atoms with Gasteiger partial charge in [0, 0.05) is 16.7 Å². The molecule has 0 saturated heterocycles. The van der Waals surface area contributed by atoms with Crippen molar-refractivity contribution >= 4 is 36.8 Å². The van der Waals surface area contributed by atoms with Crippen molar-refractivity contribution in [2.24, 2.45) is 0 Å². The van der Waals surface area contributed by atoms with Gasteiger partial charge < -0.3 is 15.3 Å². The lowest BCUT2D eigenvalue weighted by atomic mass is 10.1. The van der Waals surface area contributed by atoms with Gasteiger partial charge in [0.2, 0.25) is 0 Å². The Hall–Kier alpha value is -4.92. The van der Waals surface area contributed by atoms with Crippen LogP contribution >= 0.6 is 0 Å². The third-order valence-corrected chi connectivity index (χ3v) is 3.96. The van der Waals surface area contributed by atoms with E-state index in [-0.39, 0.29) is 22.3 Å². The van der Waals surface area contributed by atoms with Gasteiger partial charge in [0.05, 0.1) is 16.7 Å². The predicted molar refractivity (Wildman–Crippen MR) is 116 cm³/mol. The van der Waals surface area contributed by atoms with Gasteiger partial charge in [-0.15, -0.1) is 0 Å². The molecule has 33 heavy (non-hydrogen) atoms. The van der Waals surface area contributed by atoms with E-state index in [1.165, 1.54) is 36.4 Å². The lowest BCUT2D eigenvalue weighted by Crippen LogP contribution is -2.06. The highest BCUT2D eigenvalue weighted by Crippen LogP contribution is 2.08. The monoisotopic (exact) mass is 450 g/mol. The number of rotatable bonds is 6. The largest absolute Gasteiger partial charge is 0.478 e. The van der Waals surface area contributed by atoms with E-state index in [9.17, 15) is 28.8 Å². The van der Waals surface area contributed by atoms with Gasteiger partial charge >= 0.3 is 17.9 Å². The summed E-state index contributed by atoms with van der Waals surface area (Å²) in [4.78, 5) is 62.1. The standard InChI is InChI=1S/C8H6O4.C8H6O3.C8H6O2/c9-7(10)5-3-1-2-4-6(5)8(11)12;9-5-6-3-1-2-4-7(6)8(10)11;9-5-7-3-1-2-4-8(7)6-10/h1-4H,(H,9,10)(H,11,12);1-5H,(H,10,11);1-6H. The summed E-state index contributed by atoms with van der Waals surface area (Å²) < 4.78 is 0. The molecule has 0 aliphatic carbocycles. The second kappa shape index (κ2) is 13.4. The fourth-order valence-corrected chi connectivity index (χ4v) is 2.38. The summed E-state index contributed by atoms with van der Waals surface area (Å²) in [6.07, 6.45) is 1.87. The van der Waals surface area contributed by atoms with E-state index in [1.807, 2.05) is 0 Å². The highest BCUT2D eigenvalue weighted by Gasteiger charge is 2.13. The zero-order chi connectivity index (χ0) is 24.8. The Balaban J connectivity index is 0.000000249. The molecule has 3 N–H and O–H groups in total. The van der Waals surface area contributed by atoms with Crippen molar-refractivity contribution in [3.05, 3.63) is 106 Å². The molecule has 0 fully saturated rings. The molecule has 0 saturated carbocycles. The molecule has 0 amide bonds. The topological polar surface area (TPSA) is 163 Å². The molecule has 0 atom stereocenters. The van der Waals surface area contributed by atoms with Crippen LogP contribution in [0.15, 0.2) is 72.8 Å². The smallest absolute Gasteiger partial charge is 0.336 e. The van der Waals surface area contributed by atoms with Crippen LogP contribution in [-0.4, -0.2) is 52.1 Å². The number of benzene rings is 3. The first-order valence-corrected chi connectivity index (χ1v) is 9.09. The average Bonchev–Trinajstić information content (AvgIpc) is 2.84. The molecule has 0 unspecified atom stereocenters. The lowest BCUT2D eigenvalue weighted by Gasteiger charge is -1.98. The molecule has 3 rings (SSSR count). The maximum atomic E-state index is 10.5. The van der Waals surface area contributed by atoms with E-state index >= 15 is 0 Å². The zero-order valence-electron chi connectivity index (χ0n) is 17.0. The molecule has 0 aliphatic heterocycles. The molecule has 0 heterocycles. The summed E-state index contributed by atoms with van der Waals surface area (Å²) in [5.41, 5.74) is 0.757. The normalized spacial score (nSPS) is 9.09. The van der Waals surface area contributed by atoms with Crippen molar-refractivity contribution in [3.8, 4) is 0 Å². The minimum atomic E-state index is -1.23. The number of carbonyl (C=O) groups excluding carboxylic acids is 3. The van der Waals surface area contributed by atoms with Crippen molar-refractivity contribution in [1.82, 2.24) is 0 Å². The molecule has 9 heteroatoms. The van der Waals surface area contributed by atoms with Crippen LogP contribution < -0.4 is 0 Å². The van der Waals surface area contributed by atoms with E-state index in [4.69, 9.17) is 15.3 Å². The third kappa shape index (κ3) is 8.02. The van der Waals surface area contributed by atoms with Gasteiger partial charge in [0.1, 0.15) is 0 Å². The Morgan fingerprint density at radius 1 is 0.455 bits per heavy atom. The molecule has 9 nitrogen and oxygen atoms in total. The van der Waals surface area contributed by atoms with Crippen molar-refractivity contribution in [3.63, 3.8) is 0 Å². The van der Waals surface area contributed by atoms with E-state index in [0.717, 1.165) is 0 Å². The van der Waals surface area contributed by atoms with Gasteiger partial charge in [-0.1, -0.05) is 54.6 Å². The first-order chi connectivity index (χ1) is 15.8. The van der Waals surface area contributed by atoms with Crippen molar-refractivity contribution in [1.29, 1.82) is 0 Å². The van der Waals surface area contributed by atoms with Crippen LogP contribution in [0.2, 0.25) is 0 Å². The lowest BCUT2D eigenvalue weighted by molar-refractivity contribution is 0.0651. The average molecular weight is 450 g/mol. The van der Waals surface area contributed by atoms with E-state index in [2.05, 4.69) is 0 Å². The number of carbonyl (C=O) groups is 6. The number of carboxylic acids is 3. The van der Waals surface area contributed by atoms with Crippen LogP contribution in [0.3, 0.4) is 0 Å². The van der Waals surface area contributed by atoms with Gasteiger partial charge in [-0.25, -0.2) is 14.4 Å². The van der Waals surface area contributed by atoms with E-state index < -0.39 is 17.9 Å². The summed E-state index contributed by atoms with van der Waals surface area (Å²) in [7, 11) is 0. The Labute approximate surface area is 187 Å².